The van der Waals surface area contributed by atoms with Gasteiger partial charge in [-0.25, -0.2) is 8.78 Å². The number of benzene rings is 2. The Kier molecular flexibility index (Phi) is 3.79. The Hall–Kier alpha value is -0.940. The van der Waals surface area contributed by atoms with Crippen LogP contribution in [-0.4, -0.2) is 0 Å². The van der Waals surface area contributed by atoms with Crippen LogP contribution in [0.15, 0.2) is 45.3 Å². The normalized spacial score (nSPS) is 10.4. The molecule has 1 nitrogen and oxygen atoms in total. The van der Waals surface area contributed by atoms with E-state index in [1.54, 1.807) is 12.1 Å². The zero-order valence-electron chi connectivity index (χ0n) is 8.38. The van der Waals surface area contributed by atoms with E-state index in [1.807, 2.05) is 0 Å². The van der Waals surface area contributed by atoms with Gasteiger partial charge in [0.25, 0.3) is 0 Å². The van der Waals surface area contributed by atoms with E-state index in [0.717, 1.165) is 0 Å². The van der Waals surface area contributed by atoms with Gasteiger partial charge in [0.05, 0.1) is 8.95 Å². The average Bonchev–Trinajstić information content (AvgIpc) is 2.27. The second-order valence-electron chi connectivity index (χ2n) is 3.20. The molecule has 2 aromatic carbocycles. The van der Waals surface area contributed by atoms with E-state index in [0.29, 0.717) is 8.95 Å². The SMILES string of the molecule is Fc1cccc(Br)c1Oc1c(F)cccc1Br. The summed E-state index contributed by atoms with van der Waals surface area (Å²) >= 11 is 6.30. The average molecular weight is 364 g/mol. The lowest BCUT2D eigenvalue weighted by atomic mass is 10.3. The minimum Gasteiger partial charge on any atom is -0.449 e. The largest absolute Gasteiger partial charge is 0.449 e. The third kappa shape index (κ3) is 2.66. The first-order valence-electron chi connectivity index (χ1n) is 4.65. The van der Waals surface area contributed by atoms with Crippen LogP contribution in [0.3, 0.4) is 0 Å². The summed E-state index contributed by atoms with van der Waals surface area (Å²) in [6.45, 7) is 0. The van der Waals surface area contributed by atoms with Gasteiger partial charge in [-0.05, 0) is 56.1 Å². The molecule has 0 N–H and O–H groups in total. The highest BCUT2D eigenvalue weighted by Crippen LogP contribution is 2.36. The maximum atomic E-state index is 13.5. The smallest absolute Gasteiger partial charge is 0.177 e. The van der Waals surface area contributed by atoms with Crippen molar-refractivity contribution in [1.29, 1.82) is 0 Å². The van der Waals surface area contributed by atoms with Crippen LogP contribution in [0.2, 0.25) is 0 Å². The summed E-state index contributed by atoms with van der Waals surface area (Å²) in [6, 6.07) is 8.79. The summed E-state index contributed by atoms with van der Waals surface area (Å²) in [5.74, 6) is -1.21. The standard InChI is InChI=1S/C12H6Br2F2O/c13-7-3-1-5-9(15)11(7)17-12-8(14)4-2-6-10(12)16/h1-6H. The highest BCUT2D eigenvalue weighted by Gasteiger charge is 2.14. The van der Waals surface area contributed by atoms with E-state index in [9.17, 15) is 8.78 Å². The quantitative estimate of drug-likeness (QED) is 0.705. The van der Waals surface area contributed by atoms with E-state index in [4.69, 9.17) is 4.74 Å². The summed E-state index contributed by atoms with van der Waals surface area (Å²) < 4.78 is 33.1. The van der Waals surface area contributed by atoms with Gasteiger partial charge in [-0.2, -0.15) is 0 Å². The van der Waals surface area contributed by atoms with Crippen molar-refractivity contribution < 1.29 is 13.5 Å². The molecule has 0 radical (unpaired) electrons. The Balaban J connectivity index is 2.45. The van der Waals surface area contributed by atoms with Crippen LogP contribution in [0.1, 0.15) is 0 Å². The second kappa shape index (κ2) is 5.14. The number of para-hydroxylation sites is 2. The molecule has 0 unspecified atom stereocenters. The summed E-state index contributed by atoms with van der Waals surface area (Å²) in [6.07, 6.45) is 0. The van der Waals surface area contributed by atoms with Crippen LogP contribution in [0.4, 0.5) is 8.78 Å². The van der Waals surface area contributed by atoms with Gasteiger partial charge in [-0.15, -0.1) is 0 Å². The van der Waals surface area contributed by atoms with E-state index in [2.05, 4.69) is 31.9 Å². The topological polar surface area (TPSA) is 9.23 Å². The molecular weight excluding hydrogens is 358 g/mol. The molecule has 0 saturated carbocycles. The second-order valence-corrected chi connectivity index (χ2v) is 4.91. The van der Waals surface area contributed by atoms with Gasteiger partial charge in [-0.1, -0.05) is 12.1 Å². The lowest BCUT2D eigenvalue weighted by Crippen LogP contribution is -1.93. The first kappa shape index (κ1) is 12.5. The third-order valence-electron chi connectivity index (χ3n) is 2.04. The summed E-state index contributed by atoms with van der Waals surface area (Å²) in [5.41, 5.74) is 0. The number of ether oxygens (including phenoxy) is 1. The molecule has 0 aliphatic heterocycles. The predicted octanol–water partition coefficient (Wildman–Crippen LogP) is 5.28. The van der Waals surface area contributed by atoms with Crippen molar-refractivity contribution in [3.05, 3.63) is 57.0 Å². The molecule has 0 heterocycles. The number of hydrogen-bond acceptors (Lipinski definition) is 1. The van der Waals surface area contributed by atoms with Crippen LogP contribution in [0.25, 0.3) is 0 Å². The van der Waals surface area contributed by atoms with Gasteiger partial charge in [0, 0.05) is 0 Å². The molecule has 0 amide bonds. The molecule has 0 saturated heterocycles. The highest BCUT2D eigenvalue weighted by molar-refractivity contribution is 9.11. The van der Waals surface area contributed by atoms with Crippen LogP contribution in [-0.2, 0) is 0 Å². The number of hydrogen-bond donors (Lipinski definition) is 0. The van der Waals surface area contributed by atoms with E-state index in [1.165, 1.54) is 24.3 Å². The first-order valence-corrected chi connectivity index (χ1v) is 6.24. The van der Waals surface area contributed by atoms with Crippen molar-refractivity contribution in [3.63, 3.8) is 0 Å². The maximum Gasteiger partial charge on any atom is 0.177 e. The highest BCUT2D eigenvalue weighted by atomic mass is 79.9. The molecule has 0 aliphatic carbocycles. The Bertz CT molecular complexity index is 468. The molecule has 2 aromatic rings. The molecule has 0 aliphatic rings. The van der Waals surface area contributed by atoms with Crippen LogP contribution >= 0.6 is 31.9 Å². The minimum absolute atomic E-state index is 0.0432. The van der Waals surface area contributed by atoms with Crippen molar-refractivity contribution >= 4 is 31.9 Å². The zero-order valence-corrected chi connectivity index (χ0v) is 11.6. The van der Waals surface area contributed by atoms with Crippen molar-refractivity contribution in [2.75, 3.05) is 0 Å². The summed E-state index contributed by atoms with van der Waals surface area (Å²) in [7, 11) is 0. The lowest BCUT2D eigenvalue weighted by Gasteiger charge is -2.10. The van der Waals surface area contributed by atoms with Gasteiger partial charge in [0.1, 0.15) is 0 Å². The first-order chi connectivity index (χ1) is 8.09. The van der Waals surface area contributed by atoms with Crippen LogP contribution in [0, 0.1) is 11.6 Å². The molecule has 2 rings (SSSR count). The van der Waals surface area contributed by atoms with Gasteiger partial charge < -0.3 is 4.74 Å². The molecule has 0 bridgehead atoms. The van der Waals surface area contributed by atoms with Gasteiger partial charge in [0.2, 0.25) is 0 Å². The summed E-state index contributed by atoms with van der Waals surface area (Å²) in [5, 5.41) is 0. The predicted molar refractivity (Wildman–Crippen MR) is 68.3 cm³/mol. The van der Waals surface area contributed by atoms with Crippen molar-refractivity contribution in [2.45, 2.75) is 0 Å². The lowest BCUT2D eigenvalue weighted by molar-refractivity contribution is 0.410. The Labute approximate surface area is 114 Å². The number of halogens is 4. The molecule has 88 valence electrons. The fourth-order valence-corrected chi connectivity index (χ4v) is 2.11. The third-order valence-corrected chi connectivity index (χ3v) is 3.29. The Morgan fingerprint density at radius 3 is 1.53 bits per heavy atom. The van der Waals surface area contributed by atoms with Crippen LogP contribution in [0.5, 0.6) is 11.5 Å². The van der Waals surface area contributed by atoms with E-state index in [-0.39, 0.29) is 11.5 Å². The minimum atomic E-state index is -0.561. The molecular formula is C12H6Br2F2O. The Morgan fingerprint density at radius 1 is 0.765 bits per heavy atom. The van der Waals surface area contributed by atoms with E-state index < -0.39 is 11.6 Å². The molecule has 5 heteroatoms. The fourth-order valence-electron chi connectivity index (χ4n) is 1.26. The number of rotatable bonds is 2. The Morgan fingerprint density at radius 2 is 1.18 bits per heavy atom. The molecule has 0 fully saturated rings. The maximum absolute atomic E-state index is 13.5. The molecule has 17 heavy (non-hydrogen) atoms. The van der Waals surface area contributed by atoms with Gasteiger partial charge >= 0.3 is 0 Å². The van der Waals surface area contributed by atoms with E-state index >= 15 is 0 Å². The van der Waals surface area contributed by atoms with Crippen molar-refractivity contribution in [2.24, 2.45) is 0 Å². The fraction of sp³-hybridized carbons (Fsp3) is 0. The summed E-state index contributed by atoms with van der Waals surface area (Å²) in [4.78, 5) is 0. The van der Waals surface area contributed by atoms with Gasteiger partial charge in [0.15, 0.2) is 23.1 Å². The zero-order chi connectivity index (χ0) is 12.4. The molecule has 0 aromatic heterocycles. The van der Waals surface area contributed by atoms with Gasteiger partial charge in [-0.3, -0.25) is 0 Å². The van der Waals surface area contributed by atoms with Crippen molar-refractivity contribution in [3.8, 4) is 11.5 Å². The monoisotopic (exact) mass is 362 g/mol. The molecule has 0 atom stereocenters. The van der Waals surface area contributed by atoms with Crippen LogP contribution < -0.4 is 4.74 Å². The van der Waals surface area contributed by atoms with Crippen molar-refractivity contribution in [1.82, 2.24) is 0 Å². The molecule has 0 spiro atoms.